The fraction of sp³-hybridized carbons (Fsp3) is 0.538. The van der Waals surface area contributed by atoms with Gasteiger partial charge in [0, 0.05) is 6.04 Å². The van der Waals surface area contributed by atoms with Crippen molar-refractivity contribution < 1.29 is 8.42 Å². The van der Waals surface area contributed by atoms with Crippen LogP contribution < -0.4 is 10.3 Å². The third kappa shape index (κ3) is 4.40. The quantitative estimate of drug-likeness (QED) is 0.802. The van der Waals surface area contributed by atoms with Crippen LogP contribution in [0.5, 0.6) is 0 Å². The van der Waals surface area contributed by atoms with Gasteiger partial charge in [-0.1, -0.05) is 49.6 Å². The topological polar surface area (TPSA) is 58.2 Å². The van der Waals surface area contributed by atoms with Gasteiger partial charge in [-0.05, 0) is 18.4 Å². The zero-order valence-corrected chi connectivity index (χ0v) is 11.2. The lowest BCUT2D eigenvalue weighted by Crippen LogP contribution is -2.45. The van der Waals surface area contributed by atoms with Gasteiger partial charge in [-0.25, -0.2) is 13.8 Å². The minimum atomic E-state index is -3.30. The van der Waals surface area contributed by atoms with E-state index in [4.69, 9.17) is 0 Å². The Morgan fingerprint density at radius 3 is 2.39 bits per heavy atom. The summed E-state index contributed by atoms with van der Waals surface area (Å²) in [6, 6.07) is 9.49. The van der Waals surface area contributed by atoms with E-state index in [-0.39, 0.29) is 11.8 Å². The van der Waals surface area contributed by atoms with Gasteiger partial charge in [0.25, 0.3) is 0 Å². The number of hydrazine groups is 1. The first-order chi connectivity index (χ1) is 8.66. The minimum Gasteiger partial charge on any atom is -0.241 e. The summed E-state index contributed by atoms with van der Waals surface area (Å²) in [6.45, 7) is 0. The lowest BCUT2D eigenvalue weighted by Gasteiger charge is -2.22. The van der Waals surface area contributed by atoms with Gasteiger partial charge in [0.05, 0.1) is 5.75 Å². The maximum Gasteiger partial charge on any atom is 0.228 e. The van der Waals surface area contributed by atoms with Crippen LogP contribution in [0.15, 0.2) is 30.3 Å². The predicted octanol–water partition coefficient (Wildman–Crippen LogP) is 1.94. The average Bonchev–Trinajstić information content (AvgIpc) is 2.38. The minimum absolute atomic E-state index is 0.0214. The van der Waals surface area contributed by atoms with Gasteiger partial charge < -0.3 is 0 Å². The van der Waals surface area contributed by atoms with E-state index in [9.17, 15) is 8.42 Å². The van der Waals surface area contributed by atoms with Crippen LogP contribution in [0.2, 0.25) is 0 Å². The largest absolute Gasteiger partial charge is 0.241 e. The SMILES string of the molecule is O=S(=O)(Cc1ccccc1)NNC1CCCCC1. The molecule has 1 aliphatic rings. The molecule has 1 saturated carbocycles. The number of hydrogen-bond donors (Lipinski definition) is 2. The first-order valence-electron chi connectivity index (χ1n) is 6.45. The number of benzene rings is 1. The maximum atomic E-state index is 11.9. The molecule has 2 rings (SSSR count). The second-order valence-corrected chi connectivity index (χ2v) is 6.55. The lowest BCUT2D eigenvalue weighted by molar-refractivity contribution is 0.361. The van der Waals surface area contributed by atoms with Gasteiger partial charge in [-0.3, -0.25) is 0 Å². The van der Waals surface area contributed by atoms with Crippen LogP contribution in [0.1, 0.15) is 37.7 Å². The summed E-state index contributed by atoms with van der Waals surface area (Å²) in [5.41, 5.74) is 3.75. The highest BCUT2D eigenvalue weighted by Gasteiger charge is 2.16. The molecule has 100 valence electrons. The van der Waals surface area contributed by atoms with Gasteiger partial charge in [0.2, 0.25) is 10.0 Å². The fourth-order valence-corrected chi connectivity index (χ4v) is 3.30. The zero-order chi connectivity index (χ0) is 12.8. The van der Waals surface area contributed by atoms with Crippen LogP contribution in [0.25, 0.3) is 0 Å². The normalized spacial score (nSPS) is 17.8. The monoisotopic (exact) mass is 268 g/mol. The van der Waals surface area contributed by atoms with Gasteiger partial charge in [0.1, 0.15) is 0 Å². The van der Waals surface area contributed by atoms with Crippen molar-refractivity contribution in [2.45, 2.75) is 43.9 Å². The Bertz CT molecular complexity index is 453. The third-order valence-corrected chi connectivity index (χ3v) is 4.37. The second-order valence-electron chi connectivity index (χ2n) is 4.83. The van der Waals surface area contributed by atoms with E-state index in [1.54, 1.807) is 0 Å². The molecule has 0 aliphatic heterocycles. The highest BCUT2D eigenvalue weighted by Crippen LogP contribution is 2.16. The molecule has 1 aliphatic carbocycles. The number of hydrogen-bond acceptors (Lipinski definition) is 3. The number of nitrogens with one attached hydrogen (secondary N) is 2. The van der Waals surface area contributed by atoms with Crippen LogP contribution in [0, 0.1) is 0 Å². The molecule has 0 spiro atoms. The molecule has 1 aromatic rings. The molecule has 18 heavy (non-hydrogen) atoms. The van der Waals surface area contributed by atoms with Crippen LogP contribution in [0.4, 0.5) is 0 Å². The van der Waals surface area contributed by atoms with Gasteiger partial charge in [-0.15, -0.1) is 0 Å². The Morgan fingerprint density at radius 1 is 1.06 bits per heavy atom. The van der Waals surface area contributed by atoms with E-state index in [0.717, 1.165) is 18.4 Å². The van der Waals surface area contributed by atoms with Gasteiger partial charge in [-0.2, -0.15) is 4.83 Å². The van der Waals surface area contributed by atoms with Crippen LogP contribution >= 0.6 is 0 Å². The number of sulfonamides is 1. The van der Waals surface area contributed by atoms with E-state index in [1.165, 1.54) is 19.3 Å². The van der Waals surface area contributed by atoms with Gasteiger partial charge >= 0.3 is 0 Å². The van der Waals surface area contributed by atoms with Crippen molar-refractivity contribution in [2.24, 2.45) is 0 Å². The van der Waals surface area contributed by atoms with Crippen LogP contribution in [0.3, 0.4) is 0 Å². The fourth-order valence-electron chi connectivity index (χ4n) is 2.25. The first kappa shape index (κ1) is 13.5. The molecule has 0 amide bonds. The zero-order valence-electron chi connectivity index (χ0n) is 10.4. The van der Waals surface area contributed by atoms with Crippen molar-refractivity contribution >= 4 is 10.0 Å². The Kier molecular flexibility index (Phi) is 4.74. The molecule has 1 aromatic carbocycles. The summed E-state index contributed by atoms with van der Waals surface area (Å²) >= 11 is 0. The molecular weight excluding hydrogens is 248 g/mol. The molecule has 0 unspecified atom stereocenters. The summed E-state index contributed by atoms with van der Waals surface area (Å²) in [6.07, 6.45) is 5.72. The Labute approximate surface area is 109 Å². The Balaban J connectivity index is 1.83. The molecule has 0 atom stereocenters. The summed E-state index contributed by atoms with van der Waals surface area (Å²) in [7, 11) is -3.30. The van der Waals surface area contributed by atoms with Crippen LogP contribution in [-0.2, 0) is 15.8 Å². The predicted molar refractivity (Wildman–Crippen MR) is 72.2 cm³/mol. The van der Waals surface area contributed by atoms with Crippen molar-refractivity contribution in [1.29, 1.82) is 0 Å². The van der Waals surface area contributed by atoms with E-state index < -0.39 is 10.0 Å². The number of rotatable bonds is 5. The van der Waals surface area contributed by atoms with E-state index in [2.05, 4.69) is 10.3 Å². The first-order valence-corrected chi connectivity index (χ1v) is 8.10. The van der Waals surface area contributed by atoms with Crippen molar-refractivity contribution in [3.8, 4) is 0 Å². The third-order valence-electron chi connectivity index (χ3n) is 3.22. The van der Waals surface area contributed by atoms with Crippen molar-refractivity contribution in [3.05, 3.63) is 35.9 Å². The molecule has 0 heterocycles. The second kappa shape index (κ2) is 6.31. The molecular formula is C13H20N2O2S. The Morgan fingerprint density at radius 2 is 1.72 bits per heavy atom. The van der Waals surface area contributed by atoms with E-state index >= 15 is 0 Å². The highest BCUT2D eigenvalue weighted by molar-refractivity contribution is 7.88. The van der Waals surface area contributed by atoms with Crippen LogP contribution in [-0.4, -0.2) is 14.5 Å². The Hall–Kier alpha value is -0.910. The molecule has 2 N–H and O–H groups in total. The summed E-state index contributed by atoms with van der Waals surface area (Å²) in [5.74, 6) is 0.0214. The summed E-state index contributed by atoms with van der Waals surface area (Å²) in [4.78, 5) is 2.50. The molecule has 4 nitrogen and oxygen atoms in total. The van der Waals surface area contributed by atoms with E-state index in [1.807, 2.05) is 30.3 Å². The average molecular weight is 268 g/mol. The van der Waals surface area contributed by atoms with Crippen molar-refractivity contribution in [1.82, 2.24) is 10.3 Å². The molecule has 0 bridgehead atoms. The standard InChI is InChI=1S/C13H20N2O2S/c16-18(17,11-12-7-3-1-4-8-12)15-14-13-9-5-2-6-10-13/h1,3-4,7-8,13-15H,2,5-6,9-11H2. The molecule has 5 heteroatoms. The highest BCUT2D eigenvalue weighted by atomic mass is 32.2. The molecule has 0 saturated heterocycles. The maximum absolute atomic E-state index is 11.9. The summed E-state index contributed by atoms with van der Waals surface area (Å²) < 4.78 is 23.7. The van der Waals surface area contributed by atoms with Crippen molar-refractivity contribution in [2.75, 3.05) is 0 Å². The van der Waals surface area contributed by atoms with Gasteiger partial charge in [0.15, 0.2) is 0 Å². The molecule has 0 aromatic heterocycles. The lowest BCUT2D eigenvalue weighted by atomic mass is 9.96. The summed E-state index contributed by atoms with van der Waals surface area (Å²) in [5, 5.41) is 0. The van der Waals surface area contributed by atoms with E-state index in [0.29, 0.717) is 0 Å². The molecule has 1 fully saturated rings. The van der Waals surface area contributed by atoms with Crippen molar-refractivity contribution in [3.63, 3.8) is 0 Å². The smallest absolute Gasteiger partial charge is 0.228 e. The molecule has 0 radical (unpaired) electrons.